The summed E-state index contributed by atoms with van der Waals surface area (Å²) in [6.07, 6.45) is 0. The van der Waals surface area contributed by atoms with Crippen molar-refractivity contribution in [2.45, 2.75) is 48.3 Å². The number of amides is 1. The van der Waals surface area contributed by atoms with Gasteiger partial charge in [0.05, 0.1) is 10.1 Å². The van der Waals surface area contributed by atoms with Crippen LogP contribution in [0.25, 0.3) is 0 Å². The molecule has 0 aliphatic carbocycles. The van der Waals surface area contributed by atoms with Gasteiger partial charge in [-0.15, -0.1) is 11.8 Å². The van der Waals surface area contributed by atoms with E-state index in [9.17, 15) is 13.2 Å². The zero-order chi connectivity index (χ0) is 19.4. The van der Waals surface area contributed by atoms with Crippen LogP contribution in [0.3, 0.4) is 0 Å². The van der Waals surface area contributed by atoms with Crippen LogP contribution in [0.2, 0.25) is 0 Å². The summed E-state index contributed by atoms with van der Waals surface area (Å²) in [5, 5.41) is 2.47. The Bertz CT molecular complexity index is 860. The molecule has 2 rings (SSSR count). The van der Waals surface area contributed by atoms with Crippen molar-refractivity contribution in [2.24, 2.45) is 0 Å². The summed E-state index contributed by atoms with van der Waals surface area (Å²) in [6, 6.07) is 15.9. The third kappa shape index (κ3) is 6.16. The molecule has 0 bridgehead atoms. The van der Waals surface area contributed by atoms with E-state index < -0.39 is 15.6 Å². The molecule has 0 saturated heterocycles. The molecule has 1 atom stereocenters. The molecule has 0 aromatic heterocycles. The van der Waals surface area contributed by atoms with Crippen LogP contribution in [0.4, 0.5) is 5.69 Å². The molecule has 0 radical (unpaired) electrons. The predicted octanol–water partition coefficient (Wildman–Crippen LogP) is 3.88. The van der Waals surface area contributed by atoms with E-state index in [1.54, 1.807) is 32.9 Å². The summed E-state index contributed by atoms with van der Waals surface area (Å²) in [7, 11) is -3.65. The largest absolute Gasteiger partial charge is 0.325 e. The minimum Gasteiger partial charge on any atom is -0.325 e. The molecule has 5 nitrogen and oxygen atoms in total. The highest BCUT2D eigenvalue weighted by atomic mass is 32.2. The zero-order valence-electron chi connectivity index (χ0n) is 15.3. The van der Waals surface area contributed by atoms with E-state index in [1.165, 1.54) is 23.9 Å². The van der Waals surface area contributed by atoms with Crippen molar-refractivity contribution in [1.29, 1.82) is 0 Å². The summed E-state index contributed by atoms with van der Waals surface area (Å²) >= 11 is 1.45. The van der Waals surface area contributed by atoms with Crippen LogP contribution < -0.4 is 10.0 Å². The minimum absolute atomic E-state index is 0.119. The quantitative estimate of drug-likeness (QED) is 0.732. The highest BCUT2D eigenvalue weighted by Crippen LogP contribution is 2.24. The van der Waals surface area contributed by atoms with E-state index in [2.05, 4.69) is 10.0 Å². The second kappa shape index (κ2) is 8.24. The lowest BCUT2D eigenvalue weighted by molar-refractivity contribution is -0.115. The van der Waals surface area contributed by atoms with Gasteiger partial charge in [-0.1, -0.05) is 24.3 Å². The average Bonchev–Trinajstić information content (AvgIpc) is 2.54. The fourth-order valence-corrected chi connectivity index (χ4v) is 4.56. The van der Waals surface area contributed by atoms with Gasteiger partial charge in [-0.05, 0) is 58.0 Å². The number of sulfonamides is 1. The molecular weight excluding hydrogens is 368 g/mol. The van der Waals surface area contributed by atoms with Gasteiger partial charge in [-0.2, -0.15) is 0 Å². The maximum Gasteiger partial charge on any atom is 0.241 e. The number of hydrogen-bond acceptors (Lipinski definition) is 4. The third-order valence-electron chi connectivity index (χ3n) is 3.28. The van der Waals surface area contributed by atoms with Crippen LogP contribution in [0.5, 0.6) is 0 Å². The molecule has 0 fully saturated rings. The smallest absolute Gasteiger partial charge is 0.241 e. The van der Waals surface area contributed by atoms with E-state index in [0.29, 0.717) is 5.69 Å². The van der Waals surface area contributed by atoms with E-state index in [1.807, 2.05) is 37.3 Å². The standard InChI is InChI=1S/C19H24N2O3S2/c1-14(25-16-10-6-5-7-11-16)18(22)20-15-9-8-12-17(13-15)26(23,24)21-19(2,3)4/h5-14,21H,1-4H3,(H,20,22)/t14-/m0/s1. The molecule has 0 aliphatic rings. The topological polar surface area (TPSA) is 75.3 Å². The van der Waals surface area contributed by atoms with Crippen LogP contribution in [0.1, 0.15) is 27.7 Å². The van der Waals surface area contributed by atoms with Gasteiger partial charge in [0.15, 0.2) is 0 Å². The molecule has 0 aliphatic heterocycles. The molecule has 7 heteroatoms. The number of thioether (sulfide) groups is 1. The molecule has 2 N–H and O–H groups in total. The Morgan fingerprint density at radius 2 is 1.69 bits per heavy atom. The molecule has 0 spiro atoms. The van der Waals surface area contributed by atoms with E-state index >= 15 is 0 Å². The Kier molecular flexibility index (Phi) is 6.49. The number of hydrogen-bond donors (Lipinski definition) is 2. The van der Waals surface area contributed by atoms with E-state index in [-0.39, 0.29) is 16.1 Å². The van der Waals surface area contributed by atoms with Gasteiger partial charge < -0.3 is 5.32 Å². The SMILES string of the molecule is C[C@H](Sc1ccccc1)C(=O)Nc1cccc(S(=O)(=O)NC(C)(C)C)c1. The average molecular weight is 393 g/mol. The maximum absolute atomic E-state index is 12.4. The number of benzene rings is 2. The number of carbonyl (C=O) groups is 1. The fraction of sp³-hybridized carbons (Fsp3) is 0.316. The zero-order valence-corrected chi connectivity index (χ0v) is 16.9. The second-order valence-electron chi connectivity index (χ2n) is 6.95. The van der Waals surface area contributed by atoms with Gasteiger partial charge in [0.25, 0.3) is 0 Å². The first-order chi connectivity index (χ1) is 12.1. The summed E-state index contributed by atoms with van der Waals surface area (Å²) in [5.74, 6) is -0.183. The molecule has 1 amide bonds. The first-order valence-corrected chi connectivity index (χ1v) is 10.6. The van der Waals surface area contributed by atoms with Crippen molar-refractivity contribution >= 4 is 33.4 Å². The first-order valence-electron chi connectivity index (χ1n) is 8.23. The monoisotopic (exact) mass is 392 g/mol. The van der Waals surface area contributed by atoms with Crippen LogP contribution in [-0.2, 0) is 14.8 Å². The number of nitrogens with one attached hydrogen (secondary N) is 2. The van der Waals surface area contributed by atoms with Gasteiger partial charge in [-0.3, -0.25) is 4.79 Å². The van der Waals surface area contributed by atoms with Crippen LogP contribution in [-0.4, -0.2) is 25.1 Å². The van der Waals surface area contributed by atoms with Crippen molar-refractivity contribution in [1.82, 2.24) is 4.72 Å². The molecule has 2 aromatic carbocycles. The summed E-state index contributed by atoms with van der Waals surface area (Å²) in [4.78, 5) is 13.5. The molecule has 26 heavy (non-hydrogen) atoms. The predicted molar refractivity (Wildman–Crippen MR) is 107 cm³/mol. The van der Waals surface area contributed by atoms with Gasteiger partial charge in [0.2, 0.25) is 15.9 Å². The van der Waals surface area contributed by atoms with Crippen LogP contribution in [0.15, 0.2) is 64.4 Å². The first kappa shape index (κ1) is 20.5. The number of rotatable bonds is 6. The van der Waals surface area contributed by atoms with Crippen LogP contribution in [0, 0.1) is 0 Å². The Balaban J connectivity index is 2.09. The summed E-state index contributed by atoms with van der Waals surface area (Å²) < 4.78 is 27.5. The van der Waals surface area contributed by atoms with Crippen molar-refractivity contribution in [2.75, 3.05) is 5.32 Å². The molecule has 2 aromatic rings. The fourth-order valence-electron chi connectivity index (χ4n) is 2.20. The molecule has 0 heterocycles. The van der Waals surface area contributed by atoms with Gasteiger partial charge in [-0.25, -0.2) is 13.1 Å². The molecular formula is C19H24N2O3S2. The van der Waals surface area contributed by atoms with Crippen molar-refractivity contribution < 1.29 is 13.2 Å². The van der Waals surface area contributed by atoms with E-state index in [4.69, 9.17) is 0 Å². The summed E-state index contributed by atoms with van der Waals surface area (Å²) in [5.41, 5.74) is -0.133. The lowest BCUT2D eigenvalue weighted by atomic mass is 10.1. The Morgan fingerprint density at radius 1 is 1.04 bits per heavy atom. The number of anilines is 1. The number of carbonyl (C=O) groups excluding carboxylic acids is 1. The van der Waals surface area contributed by atoms with Crippen molar-refractivity contribution in [3.8, 4) is 0 Å². The van der Waals surface area contributed by atoms with E-state index in [0.717, 1.165) is 4.90 Å². The molecule has 140 valence electrons. The van der Waals surface area contributed by atoms with Crippen molar-refractivity contribution in [3.63, 3.8) is 0 Å². The highest BCUT2D eigenvalue weighted by Gasteiger charge is 2.22. The Labute approximate surface area is 159 Å². The molecule has 0 unspecified atom stereocenters. The maximum atomic E-state index is 12.4. The highest BCUT2D eigenvalue weighted by molar-refractivity contribution is 8.00. The summed E-state index contributed by atoms with van der Waals surface area (Å²) in [6.45, 7) is 7.14. The Hall–Kier alpha value is -1.83. The second-order valence-corrected chi connectivity index (χ2v) is 10.0. The van der Waals surface area contributed by atoms with Crippen molar-refractivity contribution in [3.05, 3.63) is 54.6 Å². The minimum atomic E-state index is -3.65. The van der Waals surface area contributed by atoms with Gasteiger partial charge in [0.1, 0.15) is 0 Å². The molecule has 0 saturated carbocycles. The lowest BCUT2D eigenvalue weighted by Crippen LogP contribution is -2.40. The lowest BCUT2D eigenvalue weighted by Gasteiger charge is -2.20. The van der Waals surface area contributed by atoms with Gasteiger partial charge in [0, 0.05) is 16.1 Å². The Morgan fingerprint density at radius 3 is 2.31 bits per heavy atom. The van der Waals surface area contributed by atoms with Gasteiger partial charge >= 0.3 is 0 Å². The normalized spacial score (nSPS) is 13.2. The third-order valence-corrected chi connectivity index (χ3v) is 6.15. The van der Waals surface area contributed by atoms with Crippen LogP contribution >= 0.6 is 11.8 Å².